The van der Waals surface area contributed by atoms with Gasteiger partial charge in [0.25, 0.3) is 0 Å². The molecule has 0 aliphatic rings. The van der Waals surface area contributed by atoms with Gasteiger partial charge in [0.1, 0.15) is 0 Å². The summed E-state index contributed by atoms with van der Waals surface area (Å²) in [6, 6.07) is 6.37. The minimum atomic E-state index is -3.41. The maximum absolute atomic E-state index is 11.5. The molecule has 0 bridgehead atoms. The summed E-state index contributed by atoms with van der Waals surface area (Å²) in [6.07, 6.45) is -0.476. The van der Waals surface area contributed by atoms with Crippen molar-refractivity contribution < 1.29 is 18.3 Å². The number of halogens is 1. The third-order valence-electron chi connectivity index (χ3n) is 1.92. The molecule has 0 saturated heterocycles. The normalized spacial score (nSPS) is 11.3. The lowest BCUT2D eigenvalue weighted by Gasteiger charge is -2.05. The first-order chi connectivity index (χ1) is 7.39. The number of carbonyl (C=O) groups is 1. The average Bonchev–Trinajstić information content (AvgIpc) is 2.19. The van der Waals surface area contributed by atoms with Crippen LogP contribution in [0.1, 0.15) is 12.0 Å². The fourth-order valence-electron chi connectivity index (χ4n) is 1.15. The Labute approximate surface area is 98.8 Å². The van der Waals surface area contributed by atoms with Crippen LogP contribution in [0.15, 0.2) is 24.3 Å². The Balaban J connectivity index is 2.65. The summed E-state index contributed by atoms with van der Waals surface area (Å²) in [7, 11) is -3.41. The van der Waals surface area contributed by atoms with Crippen molar-refractivity contribution in [2.45, 2.75) is 12.2 Å². The lowest BCUT2D eigenvalue weighted by atomic mass is 10.2. The van der Waals surface area contributed by atoms with Gasteiger partial charge in [-0.15, -0.1) is 0 Å². The predicted octanol–water partition coefficient (Wildman–Crippen LogP) is 0.395. The van der Waals surface area contributed by atoms with E-state index in [4.69, 9.17) is 11.6 Å². The summed E-state index contributed by atoms with van der Waals surface area (Å²) in [5.41, 5.74) is 0.586. The van der Waals surface area contributed by atoms with Gasteiger partial charge in [-0.2, -0.15) is 0 Å². The van der Waals surface area contributed by atoms with Crippen LogP contribution in [0.3, 0.4) is 0 Å². The number of carboxylic acid groups (broad SMARTS) is 1. The molecule has 88 valence electrons. The first kappa shape index (κ1) is 13.0. The molecule has 0 atom stereocenters. The maximum atomic E-state index is 11.5. The number of carboxylic acids is 1. The largest absolute Gasteiger partial charge is 0.550 e. The van der Waals surface area contributed by atoms with Gasteiger partial charge in [0.05, 0.1) is 11.5 Å². The molecule has 16 heavy (non-hydrogen) atoms. The van der Waals surface area contributed by atoms with Crippen LogP contribution in [0.2, 0.25) is 5.02 Å². The number of hydrogen-bond acceptors (Lipinski definition) is 4. The van der Waals surface area contributed by atoms with Crippen molar-refractivity contribution in [1.29, 1.82) is 0 Å². The molecule has 0 aromatic heterocycles. The van der Waals surface area contributed by atoms with Gasteiger partial charge < -0.3 is 9.90 Å². The number of sulfone groups is 1. The fourth-order valence-corrected chi connectivity index (χ4v) is 2.59. The number of carbonyl (C=O) groups excluding carboxylic acids is 1. The number of benzene rings is 1. The smallest absolute Gasteiger partial charge is 0.154 e. The predicted molar refractivity (Wildman–Crippen MR) is 58.6 cm³/mol. The van der Waals surface area contributed by atoms with Crippen molar-refractivity contribution >= 4 is 27.4 Å². The molecule has 0 amide bonds. The number of rotatable bonds is 5. The molecule has 0 aliphatic carbocycles. The van der Waals surface area contributed by atoms with E-state index < -0.39 is 28.0 Å². The van der Waals surface area contributed by atoms with Gasteiger partial charge in [-0.3, -0.25) is 0 Å². The zero-order valence-corrected chi connectivity index (χ0v) is 9.92. The fraction of sp³-hybridized carbons (Fsp3) is 0.300. The van der Waals surface area contributed by atoms with Crippen molar-refractivity contribution in [1.82, 2.24) is 0 Å². The summed E-state index contributed by atoms with van der Waals surface area (Å²) in [6.45, 7) is 0. The molecule has 0 N–H and O–H groups in total. The molecule has 4 nitrogen and oxygen atoms in total. The highest BCUT2D eigenvalue weighted by Crippen LogP contribution is 2.12. The molecule has 0 unspecified atom stereocenters. The van der Waals surface area contributed by atoms with Crippen molar-refractivity contribution in [3.05, 3.63) is 34.9 Å². The molecule has 0 aliphatic heterocycles. The molecule has 0 heterocycles. The van der Waals surface area contributed by atoms with Gasteiger partial charge in [0, 0.05) is 17.4 Å². The molecular formula is C10H10ClO4S-. The van der Waals surface area contributed by atoms with Gasteiger partial charge in [-0.25, -0.2) is 8.42 Å². The van der Waals surface area contributed by atoms with Crippen LogP contribution in [0.5, 0.6) is 0 Å². The van der Waals surface area contributed by atoms with Crippen LogP contribution >= 0.6 is 11.6 Å². The molecule has 0 saturated carbocycles. The lowest BCUT2D eigenvalue weighted by Crippen LogP contribution is -2.25. The molecule has 1 aromatic carbocycles. The minimum Gasteiger partial charge on any atom is -0.550 e. The van der Waals surface area contributed by atoms with E-state index >= 15 is 0 Å². The van der Waals surface area contributed by atoms with E-state index in [-0.39, 0.29) is 5.75 Å². The van der Waals surface area contributed by atoms with Crippen molar-refractivity contribution in [2.24, 2.45) is 0 Å². The van der Waals surface area contributed by atoms with Crippen molar-refractivity contribution in [3.8, 4) is 0 Å². The quantitative estimate of drug-likeness (QED) is 0.769. The van der Waals surface area contributed by atoms with Gasteiger partial charge in [-0.1, -0.05) is 23.7 Å². The van der Waals surface area contributed by atoms with Crippen molar-refractivity contribution in [2.75, 3.05) is 5.75 Å². The highest BCUT2D eigenvalue weighted by molar-refractivity contribution is 7.90. The highest BCUT2D eigenvalue weighted by atomic mass is 35.5. The first-order valence-corrected chi connectivity index (χ1v) is 6.74. The third-order valence-corrected chi connectivity index (χ3v) is 3.77. The summed E-state index contributed by atoms with van der Waals surface area (Å²) in [4.78, 5) is 10.2. The Bertz CT molecular complexity index is 464. The van der Waals surface area contributed by atoms with E-state index in [0.29, 0.717) is 10.6 Å². The first-order valence-electron chi connectivity index (χ1n) is 4.54. The van der Waals surface area contributed by atoms with Gasteiger partial charge in [-0.05, 0) is 17.7 Å². The standard InChI is InChI=1S/C10H11ClO4S/c11-9-3-1-8(2-4-9)7-16(14,15)6-5-10(12)13/h1-4H,5-7H2,(H,12,13)/p-1. The number of hydrogen-bond donors (Lipinski definition) is 0. The maximum Gasteiger partial charge on any atom is 0.154 e. The third kappa shape index (κ3) is 4.63. The van der Waals surface area contributed by atoms with Gasteiger partial charge >= 0.3 is 0 Å². The topological polar surface area (TPSA) is 74.3 Å². The summed E-state index contributed by atoms with van der Waals surface area (Å²) in [5.74, 6) is -1.95. The zero-order valence-electron chi connectivity index (χ0n) is 8.35. The SMILES string of the molecule is O=C([O-])CCS(=O)(=O)Cc1ccc(Cl)cc1. The molecule has 0 fully saturated rings. The molecule has 1 aromatic rings. The van der Waals surface area contributed by atoms with E-state index in [1.165, 1.54) is 0 Å². The Hall–Kier alpha value is -1.07. The molecule has 0 radical (unpaired) electrons. The molecule has 0 spiro atoms. The Morgan fingerprint density at radius 2 is 1.81 bits per heavy atom. The van der Waals surface area contributed by atoms with E-state index in [0.717, 1.165) is 0 Å². The van der Waals surface area contributed by atoms with Gasteiger partial charge in [0.15, 0.2) is 9.84 Å². The monoisotopic (exact) mass is 261 g/mol. The Morgan fingerprint density at radius 3 is 2.31 bits per heavy atom. The number of aliphatic carboxylic acids is 1. The van der Waals surface area contributed by atoms with Crippen LogP contribution in [0, 0.1) is 0 Å². The molecular weight excluding hydrogens is 252 g/mol. The van der Waals surface area contributed by atoms with E-state index in [1.807, 2.05) is 0 Å². The van der Waals surface area contributed by atoms with Crippen LogP contribution in [0.4, 0.5) is 0 Å². The second kappa shape index (κ2) is 5.32. The molecule has 6 heteroatoms. The summed E-state index contributed by atoms with van der Waals surface area (Å²) >= 11 is 5.65. The summed E-state index contributed by atoms with van der Waals surface area (Å²) in [5, 5.41) is 10.7. The van der Waals surface area contributed by atoms with E-state index in [9.17, 15) is 18.3 Å². The second-order valence-corrected chi connectivity index (χ2v) is 5.96. The highest BCUT2D eigenvalue weighted by Gasteiger charge is 2.11. The van der Waals surface area contributed by atoms with E-state index in [2.05, 4.69) is 0 Å². The van der Waals surface area contributed by atoms with Crippen LogP contribution in [-0.2, 0) is 20.4 Å². The minimum absolute atomic E-state index is 0.183. The molecule has 1 rings (SSSR count). The van der Waals surface area contributed by atoms with Crippen molar-refractivity contribution in [3.63, 3.8) is 0 Å². The van der Waals surface area contributed by atoms with E-state index in [1.54, 1.807) is 24.3 Å². The summed E-state index contributed by atoms with van der Waals surface area (Å²) < 4.78 is 22.9. The Morgan fingerprint density at radius 1 is 1.25 bits per heavy atom. The Kier molecular flexibility index (Phi) is 4.32. The van der Waals surface area contributed by atoms with Crippen LogP contribution < -0.4 is 5.11 Å². The average molecular weight is 262 g/mol. The lowest BCUT2D eigenvalue weighted by molar-refractivity contribution is -0.305. The second-order valence-electron chi connectivity index (χ2n) is 3.34. The van der Waals surface area contributed by atoms with Crippen LogP contribution in [0.25, 0.3) is 0 Å². The van der Waals surface area contributed by atoms with Crippen LogP contribution in [-0.4, -0.2) is 20.1 Å². The zero-order chi connectivity index (χ0) is 12.2. The van der Waals surface area contributed by atoms with Gasteiger partial charge in [0.2, 0.25) is 0 Å².